The first-order valence-electron chi connectivity index (χ1n) is 5.27. The minimum Gasteiger partial charge on any atom is -0.506 e. The number of benzene rings is 1. The van der Waals surface area contributed by atoms with Crippen molar-refractivity contribution in [2.75, 3.05) is 11.5 Å². The number of aromatic nitrogens is 2. The van der Waals surface area contributed by atoms with Gasteiger partial charge in [-0.1, -0.05) is 6.07 Å². The number of phenolic OH excluding ortho intramolecular Hbond substituents is 1. The average molecular weight is 236 g/mol. The zero-order valence-corrected chi connectivity index (χ0v) is 9.46. The average Bonchev–Trinajstić information content (AvgIpc) is 2.85. The molecule has 1 fully saturated rings. The minimum absolute atomic E-state index is 0.121. The van der Waals surface area contributed by atoms with Crippen molar-refractivity contribution in [2.45, 2.75) is 12.5 Å². The highest BCUT2D eigenvalue weighted by Gasteiger charge is 2.22. The van der Waals surface area contributed by atoms with E-state index in [0.29, 0.717) is 5.52 Å². The fraction of sp³-hybridized carbons (Fsp3) is 0.364. The largest absolute Gasteiger partial charge is 0.506 e. The Balaban J connectivity index is 2.27. The van der Waals surface area contributed by atoms with Gasteiger partial charge in [-0.25, -0.2) is 4.79 Å². The summed E-state index contributed by atoms with van der Waals surface area (Å²) in [7, 11) is 0. The zero-order chi connectivity index (χ0) is 11.1. The molecule has 1 aromatic carbocycles. The Kier molecular flexibility index (Phi) is 2.21. The van der Waals surface area contributed by atoms with Crippen molar-refractivity contribution in [3.05, 3.63) is 28.7 Å². The van der Waals surface area contributed by atoms with E-state index in [9.17, 15) is 9.90 Å². The standard InChI is InChI=1S/C11H12N2O2S/c14-9-3-1-2-8-10(9)12-11(15)13(8)7-4-5-16-6-7/h1-3,7,14H,4-6H2,(H,12,15). The summed E-state index contributed by atoms with van der Waals surface area (Å²) in [4.78, 5) is 14.6. The molecule has 0 amide bonds. The molecular weight excluding hydrogens is 224 g/mol. The molecule has 1 atom stereocenters. The maximum atomic E-state index is 11.9. The molecule has 0 spiro atoms. The molecule has 1 aliphatic heterocycles. The minimum atomic E-state index is -0.121. The number of H-pyrrole nitrogens is 1. The smallest absolute Gasteiger partial charge is 0.326 e. The molecule has 3 rings (SSSR count). The summed E-state index contributed by atoms with van der Waals surface area (Å²) in [6.45, 7) is 0. The van der Waals surface area contributed by atoms with Crippen LogP contribution >= 0.6 is 11.8 Å². The Labute approximate surface area is 96.3 Å². The molecule has 1 saturated heterocycles. The van der Waals surface area contributed by atoms with Gasteiger partial charge in [-0.15, -0.1) is 0 Å². The van der Waals surface area contributed by atoms with Crippen LogP contribution in [0.5, 0.6) is 5.75 Å². The highest BCUT2D eigenvalue weighted by Crippen LogP contribution is 2.30. The van der Waals surface area contributed by atoms with Gasteiger partial charge in [-0.3, -0.25) is 4.57 Å². The van der Waals surface area contributed by atoms with E-state index in [1.165, 1.54) is 0 Å². The third-order valence-electron chi connectivity index (χ3n) is 3.00. The third-order valence-corrected chi connectivity index (χ3v) is 4.15. The van der Waals surface area contributed by atoms with E-state index in [4.69, 9.17) is 0 Å². The Morgan fingerprint density at radius 1 is 1.50 bits per heavy atom. The van der Waals surface area contributed by atoms with Crippen molar-refractivity contribution in [3.8, 4) is 5.75 Å². The fourth-order valence-electron chi connectivity index (χ4n) is 2.22. The molecule has 0 saturated carbocycles. The molecule has 4 nitrogen and oxygen atoms in total. The van der Waals surface area contributed by atoms with Crippen molar-refractivity contribution in [1.29, 1.82) is 0 Å². The van der Waals surface area contributed by atoms with Gasteiger partial charge in [-0.05, 0) is 24.3 Å². The number of rotatable bonds is 1. The Morgan fingerprint density at radius 3 is 3.12 bits per heavy atom. The number of hydrogen-bond donors (Lipinski definition) is 2. The quantitative estimate of drug-likeness (QED) is 0.792. The Morgan fingerprint density at radius 2 is 2.38 bits per heavy atom. The van der Waals surface area contributed by atoms with Crippen LogP contribution in [0.3, 0.4) is 0 Å². The number of fused-ring (bicyclic) bond motifs is 1. The highest BCUT2D eigenvalue weighted by atomic mass is 32.2. The van der Waals surface area contributed by atoms with Crippen molar-refractivity contribution in [1.82, 2.24) is 9.55 Å². The number of para-hydroxylation sites is 1. The van der Waals surface area contributed by atoms with Crippen LogP contribution in [0, 0.1) is 0 Å². The van der Waals surface area contributed by atoms with Crippen LogP contribution in [0.25, 0.3) is 11.0 Å². The lowest BCUT2D eigenvalue weighted by Crippen LogP contribution is -2.21. The van der Waals surface area contributed by atoms with Gasteiger partial charge in [0.25, 0.3) is 0 Å². The molecule has 1 aromatic heterocycles. The van der Waals surface area contributed by atoms with E-state index in [1.54, 1.807) is 16.7 Å². The van der Waals surface area contributed by atoms with Crippen LogP contribution in [0.1, 0.15) is 12.5 Å². The lowest BCUT2D eigenvalue weighted by Gasteiger charge is -2.10. The number of hydrogen-bond acceptors (Lipinski definition) is 3. The van der Waals surface area contributed by atoms with Gasteiger partial charge in [0, 0.05) is 11.8 Å². The molecule has 2 aromatic rings. The first kappa shape index (κ1) is 9.84. The van der Waals surface area contributed by atoms with E-state index < -0.39 is 0 Å². The van der Waals surface area contributed by atoms with E-state index in [2.05, 4.69) is 4.98 Å². The molecule has 0 bridgehead atoms. The van der Waals surface area contributed by atoms with E-state index in [0.717, 1.165) is 23.4 Å². The zero-order valence-electron chi connectivity index (χ0n) is 8.64. The molecular formula is C11H12N2O2S. The summed E-state index contributed by atoms with van der Waals surface area (Å²) in [5.74, 6) is 2.21. The lowest BCUT2D eigenvalue weighted by atomic mass is 10.2. The summed E-state index contributed by atoms with van der Waals surface area (Å²) >= 11 is 1.87. The predicted molar refractivity (Wildman–Crippen MR) is 65.2 cm³/mol. The third kappa shape index (κ3) is 1.35. The van der Waals surface area contributed by atoms with Crippen LogP contribution in [-0.4, -0.2) is 26.2 Å². The number of phenols is 1. The van der Waals surface area contributed by atoms with Crippen LogP contribution in [-0.2, 0) is 0 Å². The number of nitrogens with one attached hydrogen (secondary N) is 1. The second kappa shape index (κ2) is 3.59. The molecule has 0 aliphatic carbocycles. The van der Waals surface area contributed by atoms with Crippen LogP contribution in [0.2, 0.25) is 0 Å². The van der Waals surface area contributed by atoms with Crippen molar-refractivity contribution in [3.63, 3.8) is 0 Å². The molecule has 0 radical (unpaired) electrons. The molecule has 1 unspecified atom stereocenters. The molecule has 84 valence electrons. The Hall–Kier alpha value is -1.36. The molecule has 2 N–H and O–H groups in total. The monoisotopic (exact) mass is 236 g/mol. The van der Waals surface area contributed by atoms with Crippen molar-refractivity contribution in [2.24, 2.45) is 0 Å². The maximum absolute atomic E-state index is 11.9. The van der Waals surface area contributed by atoms with Crippen molar-refractivity contribution < 1.29 is 5.11 Å². The fourth-order valence-corrected chi connectivity index (χ4v) is 3.42. The van der Waals surface area contributed by atoms with Gasteiger partial charge < -0.3 is 10.1 Å². The van der Waals surface area contributed by atoms with Gasteiger partial charge >= 0.3 is 5.69 Å². The summed E-state index contributed by atoms with van der Waals surface area (Å²) in [6, 6.07) is 5.49. The van der Waals surface area contributed by atoms with E-state index >= 15 is 0 Å². The van der Waals surface area contributed by atoms with E-state index in [-0.39, 0.29) is 17.5 Å². The van der Waals surface area contributed by atoms with Crippen LogP contribution in [0.4, 0.5) is 0 Å². The van der Waals surface area contributed by atoms with Crippen LogP contribution < -0.4 is 5.69 Å². The van der Waals surface area contributed by atoms with Gasteiger partial charge in [0.15, 0.2) is 0 Å². The summed E-state index contributed by atoms with van der Waals surface area (Å²) < 4.78 is 1.77. The SMILES string of the molecule is O=c1[nH]c2c(O)cccc2n1C1CCSC1. The van der Waals surface area contributed by atoms with Crippen LogP contribution in [0.15, 0.2) is 23.0 Å². The second-order valence-corrected chi connectivity index (χ2v) is 5.14. The number of thioether (sulfide) groups is 1. The number of nitrogens with zero attached hydrogens (tertiary/aromatic N) is 1. The van der Waals surface area contributed by atoms with E-state index in [1.807, 2.05) is 17.8 Å². The molecule has 1 aliphatic rings. The predicted octanol–water partition coefficient (Wildman–Crippen LogP) is 1.71. The highest BCUT2D eigenvalue weighted by molar-refractivity contribution is 7.99. The number of imidazole rings is 1. The summed E-state index contributed by atoms with van der Waals surface area (Å²) in [5.41, 5.74) is 1.23. The first-order valence-corrected chi connectivity index (χ1v) is 6.43. The molecule has 5 heteroatoms. The van der Waals surface area contributed by atoms with Crippen molar-refractivity contribution >= 4 is 22.8 Å². The number of aromatic hydroxyl groups is 1. The lowest BCUT2D eigenvalue weighted by molar-refractivity contribution is 0.480. The molecule has 16 heavy (non-hydrogen) atoms. The molecule has 2 heterocycles. The topological polar surface area (TPSA) is 58.0 Å². The van der Waals surface area contributed by atoms with Gasteiger partial charge in [0.1, 0.15) is 11.3 Å². The second-order valence-electron chi connectivity index (χ2n) is 3.99. The van der Waals surface area contributed by atoms with Gasteiger partial charge in [0.2, 0.25) is 0 Å². The maximum Gasteiger partial charge on any atom is 0.326 e. The normalized spacial score (nSPS) is 20.6. The summed E-state index contributed by atoms with van der Waals surface area (Å²) in [5, 5.41) is 9.66. The number of aromatic amines is 1. The Bertz CT molecular complexity index is 581. The first-order chi connectivity index (χ1) is 7.77. The van der Waals surface area contributed by atoms with Gasteiger partial charge in [0.05, 0.1) is 5.52 Å². The van der Waals surface area contributed by atoms with Gasteiger partial charge in [-0.2, -0.15) is 11.8 Å². The summed E-state index contributed by atoms with van der Waals surface area (Å²) in [6.07, 6.45) is 1.02.